The third-order valence-electron chi connectivity index (χ3n) is 1.74. The van der Waals surface area contributed by atoms with E-state index < -0.39 is 0 Å². The number of nitrogens with zero attached hydrogens (tertiary/aromatic N) is 2. The fourth-order valence-electron chi connectivity index (χ4n) is 1.12. The topological polar surface area (TPSA) is 77.0 Å². The molecule has 2 rings (SSSR count). The van der Waals surface area contributed by atoms with Crippen molar-refractivity contribution >= 4 is 23.4 Å². The maximum atomic E-state index is 5.72. The van der Waals surface area contributed by atoms with Gasteiger partial charge in [0.15, 0.2) is 0 Å². The van der Waals surface area contributed by atoms with Crippen LogP contribution in [-0.2, 0) is 6.54 Å². The molecule has 0 aromatic carbocycles. The molecule has 0 unspecified atom stereocenters. The number of furan rings is 1. The van der Waals surface area contributed by atoms with E-state index >= 15 is 0 Å². The van der Waals surface area contributed by atoms with Gasteiger partial charge in [0.2, 0.25) is 5.95 Å². The first-order valence-corrected chi connectivity index (χ1v) is 4.68. The van der Waals surface area contributed by atoms with E-state index in [0.29, 0.717) is 17.5 Å². The minimum atomic E-state index is 0.143. The number of anilines is 2. The Kier molecular flexibility index (Phi) is 2.73. The van der Waals surface area contributed by atoms with Crippen molar-refractivity contribution < 1.29 is 4.42 Å². The van der Waals surface area contributed by atoms with Crippen LogP contribution in [0.4, 0.5) is 11.8 Å². The normalized spacial score (nSPS) is 10.2. The molecule has 78 valence electrons. The molecule has 0 aliphatic heterocycles. The maximum Gasteiger partial charge on any atom is 0.223 e. The van der Waals surface area contributed by atoms with Gasteiger partial charge in [-0.2, -0.15) is 4.98 Å². The van der Waals surface area contributed by atoms with Crippen LogP contribution in [0.5, 0.6) is 0 Å². The smallest absolute Gasteiger partial charge is 0.223 e. The summed E-state index contributed by atoms with van der Waals surface area (Å²) in [5.74, 6) is 1.52. The van der Waals surface area contributed by atoms with Gasteiger partial charge < -0.3 is 15.5 Å². The van der Waals surface area contributed by atoms with E-state index in [0.717, 1.165) is 5.76 Å². The van der Waals surface area contributed by atoms with E-state index in [9.17, 15) is 0 Å². The Morgan fingerprint density at radius 1 is 1.47 bits per heavy atom. The fourth-order valence-corrected chi connectivity index (χ4v) is 1.31. The Hall–Kier alpha value is -1.75. The highest BCUT2D eigenvalue weighted by atomic mass is 35.5. The molecule has 5 nitrogen and oxygen atoms in total. The molecular formula is C9H9ClN4O. The van der Waals surface area contributed by atoms with Gasteiger partial charge in [0.05, 0.1) is 12.8 Å². The first-order valence-electron chi connectivity index (χ1n) is 4.30. The Balaban J connectivity index is 2.05. The molecule has 2 aromatic rings. The van der Waals surface area contributed by atoms with Crippen molar-refractivity contribution in [2.45, 2.75) is 6.54 Å². The van der Waals surface area contributed by atoms with E-state index in [2.05, 4.69) is 15.3 Å². The average molecular weight is 225 g/mol. The SMILES string of the molecule is Nc1nc(Cl)cc(NCc2ccco2)n1. The largest absolute Gasteiger partial charge is 0.467 e. The molecule has 0 bridgehead atoms. The lowest BCUT2D eigenvalue weighted by atomic mass is 10.4. The third kappa shape index (κ3) is 2.60. The number of hydrogen-bond acceptors (Lipinski definition) is 5. The number of aromatic nitrogens is 2. The van der Waals surface area contributed by atoms with Crippen molar-refractivity contribution in [2.75, 3.05) is 11.1 Å². The highest BCUT2D eigenvalue weighted by molar-refractivity contribution is 6.29. The van der Waals surface area contributed by atoms with E-state index in [1.807, 2.05) is 12.1 Å². The monoisotopic (exact) mass is 224 g/mol. The second-order valence-electron chi connectivity index (χ2n) is 2.87. The van der Waals surface area contributed by atoms with Crippen LogP contribution in [0.1, 0.15) is 5.76 Å². The molecule has 0 amide bonds. The van der Waals surface area contributed by atoms with Crippen LogP contribution in [-0.4, -0.2) is 9.97 Å². The zero-order valence-corrected chi connectivity index (χ0v) is 8.53. The molecular weight excluding hydrogens is 216 g/mol. The van der Waals surface area contributed by atoms with Gasteiger partial charge in [0.1, 0.15) is 16.7 Å². The number of nitrogens with two attached hydrogens (primary N) is 1. The summed E-state index contributed by atoms with van der Waals surface area (Å²) in [6.07, 6.45) is 1.61. The van der Waals surface area contributed by atoms with Gasteiger partial charge in [-0.15, -0.1) is 0 Å². The Bertz CT molecular complexity index is 423. The zero-order chi connectivity index (χ0) is 10.7. The molecule has 2 heterocycles. The van der Waals surface area contributed by atoms with Crippen LogP contribution < -0.4 is 11.1 Å². The van der Waals surface area contributed by atoms with E-state index in [-0.39, 0.29) is 5.95 Å². The number of nitrogen functional groups attached to an aromatic ring is 1. The molecule has 6 heteroatoms. The van der Waals surface area contributed by atoms with Crippen LogP contribution in [0.25, 0.3) is 0 Å². The van der Waals surface area contributed by atoms with Crippen molar-refractivity contribution in [1.29, 1.82) is 0 Å². The predicted octanol–water partition coefficient (Wildman–Crippen LogP) is 1.92. The van der Waals surface area contributed by atoms with E-state index in [4.69, 9.17) is 21.8 Å². The van der Waals surface area contributed by atoms with Gasteiger partial charge in [-0.25, -0.2) is 4.98 Å². The van der Waals surface area contributed by atoms with Gasteiger partial charge in [-0.1, -0.05) is 11.6 Å². The summed E-state index contributed by atoms with van der Waals surface area (Å²) in [6.45, 7) is 0.528. The second-order valence-corrected chi connectivity index (χ2v) is 3.25. The highest BCUT2D eigenvalue weighted by Crippen LogP contribution is 2.13. The molecule has 0 aliphatic carbocycles. The number of hydrogen-bond donors (Lipinski definition) is 2. The van der Waals surface area contributed by atoms with Crippen molar-refractivity contribution in [3.05, 3.63) is 35.4 Å². The summed E-state index contributed by atoms with van der Waals surface area (Å²) in [6, 6.07) is 5.28. The summed E-state index contributed by atoms with van der Waals surface area (Å²) in [5.41, 5.74) is 5.44. The first kappa shape index (κ1) is 9.79. The summed E-state index contributed by atoms with van der Waals surface area (Å²) in [4.78, 5) is 7.71. The van der Waals surface area contributed by atoms with Crippen molar-refractivity contribution in [2.24, 2.45) is 0 Å². The van der Waals surface area contributed by atoms with Crippen LogP contribution in [0.15, 0.2) is 28.9 Å². The molecule has 15 heavy (non-hydrogen) atoms. The van der Waals surface area contributed by atoms with Gasteiger partial charge in [0, 0.05) is 6.07 Å². The minimum Gasteiger partial charge on any atom is -0.467 e. The molecule has 0 saturated carbocycles. The predicted molar refractivity (Wildman–Crippen MR) is 57.5 cm³/mol. The van der Waals surface area contributed by atoms with Gasteiger partial charge in [0.25, 0.3) is 0 Å². The van der Waals surface area contributed by atoms with Gasteiger partial charge in [-0.05, 0) is 12.1 Å². The van der Waals surface area contributed by atoms with Crippen molar-refractivity contribution in [3.8, 4) is 0 Å². The summed E-state index contributed by atoms with van der Waals surface area (Å²) in [5, 5.41) is 3.33. The molecule has 0 fully saturated rings. The van der Waals surface area contributed by atoms with Crippen LogP contribution >= 0.6 is 11.6 Å². The van der Waals surface area contributed by atoms with Crippen molar-refractivity contribution in [3.63, 3.8) is 0 Å². The molecule has 0 radical (unpaired) electrons. The van der Waals surface area contributed by atoms with E-state index in [1.54, 1.807) is 12.3 Å². The third-order valence-corrected chi connectivity index (χ3v) is 1.93. The fraction of sp³-hybridized carbons (Fsp3) is 0.111. The molecule has 2 aromatic heterocycles. The molecule has 0 aliphatic rings. The van der Waals surface area contributed by atoms with Crippen LogP contribution in [0.3, 0.4) is 0 Å². The first-order chi connectivity index (χ1) is 7.24. The Morgan fingerprint density at radius 2 is 2.33 bits per heavy atom. The van der Waals surface area contributed by atoms with Crippen molar-refractivity contribution in [1.82, 2.24) is 9.97 Å². The molecule has 0 saturated heterocycles. The number of rotatable bonds is 3. The summed E-state index contributed by atoms with van der Waals surface area (Å²) in [7, 11) is 0. The lowest BCUT2D eigenvalue weighted by Gasteiger charge is -2.03. The Labute approximate surface area is 91.3 Å². The average Bonchev–Trinajstić information content (AvgIpc) is 2.65. The van der Waals surface area contributed by atoms with E-state index in [1.165, 1.54) is 0 Å². The Morgan fingerprint density at radius 3 is 3.00 bits per heavy atom. The number of nitrogens with one attached hydrogen (secondary N) is 1. The highest BCUT2D eigenvalue weighted by Gasteiger charge is 2.01. The van der Waals surface area contributed by atoms with Crippen LogP contribution in [0.2, 0.25) is 5.15 Å². The maximum absolute atomic E-state index is 5.72. The zero-order valence-electron chi connectivity index (χ0n) is 7.77. The molecule has 3 N–H and O–H groups in total. The standard InChI is InChI=1S/C9H9ClN4O/c10-7-4-8(14-9(11)13-7)12-5-6-2-1-3-15-6/h1-4H,5H2,(H3,11,12,13,14). The van der Waals surface area contributed by atoms with Crippen LogP contribution in [0, 0.1) is 0 Å². The number of halogens is 1. The summed E-state index contributed by atoms with van der Waals surface area (Å²) >= 11 is 5.72. The lowest BCUT2D eigenvalue weighted by Crippen LogP contribution is -2.03. The molecule has 0 spiro atoms. The lowest BCUT2D eigenvalue weighted by molar-refractivity contribution is 0.518. The second kappa shape index (κ2) is 4.18. The quantitative estimate of drug-likeness (QED) is 0.779. The van der Waals surface area contributed by atoms with Gasteiger partial charge in [-0.3, -0.25) is 0 Å². The van der Waals surface area contributed by atoms with Gasteiger partial charge >= 0.3 is 0 Å². The summed E-state index contributed by atoms with van der Waals surface area (Å²) < 4.78 is 5.15. The molecule has 0 atom stereocenters. The minimum absolute atomic E-state index is 0.143.